The van der Waals surface area contributed by atoms with Crippen molar-refractivity contribution in [1.29, 1.82) is 0 Å². The zero-order valence-electron chi connectivity index (χ0n) is 10.8. The summed E-state index contributed by atoms with van der Waals surface area (Å²) in [5, 5.41) is 2.24. The standard InChI is InChI=1S/C14H10ClFN2OS2/c15-11-2-1-3-12(16)10(11)8-20-7-9-6-13(19)18-4-5-21-14(18)17-9/h1-6H,7-8H2. The molecule has 0 amide bonds. The molecule has 0 radical (unpaired) electrons. The molecule has 3 aromatic rings. The summed E-state index contributed by atoms with van der Waals surface area (Å²) in [5.41, 5.74) is 1.08. The number of rotatable bonds is 4. The van der Waals surface area contributed by atoms with Gasteiger partial charge in [0, 0.05) is 39.7 Å². The lowest BCUT2D eigenvalue weighted by atomic mass is 10.2. The van der Waals surface area contributed by atoms with Crippen LogP contribution >= 0.6 is 34.7 Å². The summed E-state index contributed by atoms with van der Waals surface area (Å²) in [5.74, 6) is 0.669. The van der Waals surface area contributed by atoms with Crippen molar-refractivity contribution in [2.45, 2.75) is 11.5 Å². The second kappa shape index (κ2) is 6.17. The van der Waals surface area contributed by atoms with E-state index in [1.807, 2.05) is 5.38 Å². The molecule has 3 nitrogen and oxygen atoms in total. The molecule has 0 bridgehead atoms. The summed E-state index contributed by atoms with van der Waals surface area (Å²) in [7, 11) is 0. The lowest BCUT2D eigenvalue weighted by Gasteiger charge is -2.05. The highest BCUT2D eigenvalue weighted by atomic mass is 35.5. The average molecular weight is 341 g/mol. The van der Waals surface area contributed by atoms with E-state index >= 15 is 0 Å². The van der Waals surface area contributed by atoms with Crippen LogP contribution in [0.4, 0.5) is 4.39 Å². The van der Waals surface area contributed by atoms with E-state index in [2.05, 4.69) is 4.98 Å². The molecule has 2 aromatic heterocycles. The monoisotopic (exact) mass is 340 g/mol. The molecule has 3 rings (SSSR count). The normalized spacial score (nSPS) is 11.1. The van der Waals surface area contributed by atoms with Crippen molar-refractivity contribution >= 4 is 39.7 Å². The summed E-state index contributed by atoms with van der Waals surface area (Å²) < 4.78 is 15.1. The Balaban J connectivity index is 1.73. The Morgan fingerprint density at radius 1 is 1.38 bits per heavy atom. The van der Waals surface area contributed by atoms with Crippen LogP contribution in [-0.4, -0.2) is 9.38 Å². The molecule has 0 N–H and O–H groups in total. The highest BCUT2D eigenvalue weighted by molar-refractivity contribution is 7.97. The maximum absolute atomic E-state index is 13.6. The number of halogens is 2. The molecule has 21 heavy (non-hydrogen) atoms. The van der Waals surface area contributed by atoms with Gasteiger partial charge in [0.2, 0.25) is 0 Å². The lowest BCUT2D eigenvalue weighted by Crippen LogP contribution is -2.12. The average Bonchev–Trinajstić information content (AvgIpc) is 2.91. The molecule has 1 aromatic carbocycles. The van der Waals surface area contributed by atoms with Crippen molar-refractivity contribution in [3.8, 4) is 0 Å². The highest BCUT2D eigenvalue weighted by Crippen LogP contribution is 2.25. The van der Waals surface area contributed by atoms with Gasteiger partial charge < -0.3 is 0 Å². The molecule has 0 aliphatic carbocycles. The van der Waals surface area contributed by atoms with Gasteiger partial charge in [0.1, 0.15) is 5.82 Å². The first-order valence-electron chi connectivity index (χ1n) is 6.11. The predicted octanol–water partition coefficient (Wildman–Crippen LogP) is 3.98. The zero-order valence-corrected chi connectivity index (χ0v) is 13.1. The van der Waals surface area contributed by atoms with Gasteiger partial charge in [0.05, 0.1) is 5.69 Å². The summed E-state index contributed by atoms with van der Waals surface area (Å²) >= 11 is 8.87. The molecule has 0 aliphatic heterocycles. The van der Waals surface area contributed by atoms with Gasteiger partial charge >= 0.3 is 0 Å². The minimum absolute atomic E-state index is 0.0965. The van der Waals surface area contributed by atoms with E-state index in [4.69, 9.17) is 11.6 Å². The summed E-state index contributed by atoms with van der Waals surface area (Å²) in [6.07, 6.45) is 1.70. The van der Waals surface area contributed by atoms with Crippen LogP contribution in [0, 0.1) is 5.82 Å². The SMILES string of the molecule is O=c1cc(CSCc2c(F)cccc2Cl)nc2sccn12. The van der Waals surface area contributed by atoms with Crippen LogP contribution in [0.3, 0.4) is 0 Å². The fourth-order valence-electron chi connectivity index (χ4n) is 1.89. The molecule has 0 aliphatic rings. The maximum atomic E-state index is 13.6. The van der Waals surface area contributed by atoms with Crippen molar-refractivity contribution in [2.75, 3.05) is 0 Å². The molecular formula is C14H10ClFN2OS2. The van der Waals surface area contributed by atoms with Gasteiger partial charge in [-0.05, 0) is 12.1 Å². The van der Waals surface area contributed by atoms with Crippen molar-refractivity contribution in [1.82, 2.24) is 9.38 Å². The zero-order chi connectivity index (χ0) is 14.8. The molecule has 0 saturated heterocycles. The van der Waals surface area contributed by atoms with Crippen LogP contribution in [0.15, 0.2) is 40.6 Å². The Morgan fingerprint density at radius 3 is 3.05 bits per heavy atom. The molecule has 2 heterocycles. The fraction of sp³-hybridized carbons (Fsp3) is 0.143. The molecule has 0 fully saturated rings. The largest absolute Gasteiger partial charge is 0.269 e. The van der Waals surface area contributed by atoms with Crippen LogP contribution < -0.4 is 5.56 Å². The number of thioether (sulfide) groups is 1. The first-order chi connectivity index (χ1) is 10.1. The highest BCUT2D eigenvalue weighted by Gasteiger charge is 2.08. The molecule has 7 heteroatoms. The number of thiazole rings is 1. The second-order valence-corrected chi connectivity index (χ2v) is 6.60. The lowest BCUT2D eigenvalue weighted by molar-refractivity contribution is 0.617. The summed E-state index contributed by atoms with van der Waals surface area (Å²) in [4.78, 5) is 16.9. The molecule has 0 unspecified atom stereocenters. The van der Waals surface area contributed by atoms with E-state index in [0.29, 0.717) is 32.7 Å². The van der Waals surface area contributed by atoms with Crippen molar-refractivity contribution in [2.24, 2.45) is 0 Å². The number of benzene rings is 1. The van der Waals surface area contributed by atoms with Gasteiger partial charge in [-0.25, -0.2) is 9.37 Å². The Morgan fingerprint density at radius 2 is 2.24 bits per heavy atom. The first kappa shape index (κ1) is 14.6. The van der Waals surface area contributed by atoms with E-state index in [1.54, 1.807) is 18.3 Å². The number of hydrogen-bond donors (Lipinski definition) is 0. The van der Waals surface area contributed by atoms with E-state index in [0.717, 1.165) is 0 Å². The van der Waals surface area contributed by atoms with Gasteiger partial charge in [-0.2, -0.15) is 11.8 Å². The quantitative estimate of drug-likeness (QED) is 0.720. The van der Waals surface area contributed by atoms with E-state index in [1.165, 1.54) is 39.6 Å². The first-order valence-corrected chi connectivity index (χ1v) is 8.53. The third-order valence-electron chi connectivity index (χ3n) is 2.91. The minimum atomic E-state index is -0.309. The van der Waals surface area contributed by atoms with Crippen LogP contribution in [0.2, 0.25) is 5.02 Å². The van der Waals surface area contributed by atoms with Crippen molar-refractivity contribution < 1.29 is 4.39 Å². The third-order valence-corrected chi connectivity index (χ3v) is 5.02. The van der Waals surface area contributed by atoms with Crippen molar-refractivity contribution in [3.05, 3.63) is 68.3 Å². The molecular weight excluding hydrogens is 331 g/mol. The Labute approximate surface area is 133 Å². The Bertz CT molecular complexity index is 826. The van der Waals surface area contributed by atoms with E-state index in [-0.39, 0.29) is 11.4 Å². The van der Waals surface area contributed by atoms with Crippen LogP contribution in [-0.2, 0) is 11.5 Å². The van der Waals surface area contributed by atoms with Crippen LogP contribution in [0.25, 0.3) is 4.96 Å². The van der Waals surface area contributed by atoms with E-state index < -0.39 is 0 Å². The summed E-state index contributed by atoms with van der Waals surface area (Å²) in [6.45, 7) is 0. The number of aromatic nitrogens is 2. The topological polar surface area (TPSA) is 34.4 Å². The number of hydrogen-bond acceptors (Lipinski definition) is 4. The predicted molar refractivity (Wildman–Crippen MR) is 85.7 cm³/mol. The van der Waals surface area contributed by atoms with Gasteiger partial charge in [-0.1, -0.05) is 17.7 Å². The maximum Gasteiger partial charge on any atom is 0.258 e. The Hall–Kier alpha value is -1.37. The number of nitrogens with zero attached hydrogens (tertiary/aromatic N) is 2. The Kier molecular flexibility index (Phi) is 4.28. The van der Waals surface area contributed by atoms with Gasteiger partial charge in [0.15, 0.2) is 4.96 Å². The smallest absolute Gasteiger partial charge is 0.258 e. The third kappa shape index (κ3) is 3.12. The van der Waals surface area contributed by atoms with Crippen molar-refractivity contribution in [3.63, 3.8) is 0 Å². The van der Waals surface area contributed by atoms with E-state index in [9.17, 15) is 9.18 Å². The minimum Gasteiger partial charge on any atom is -0.269 e. The van der Waals surface area contributed by atoms with Gasteiger partial charge in [-0.15, -0.1) is 11.3 Å². The van der Waals surface area contributed by atoms with Gasteiger partial charge in [0.25, 0.3) is 5.56 Å². The van der Waals surface area contributed by atoms with Crippen LogP contribution in [0.1, 0.15) is 11.3 Å². The molecule has 0 spiro atoms. The second-order valence-electron chi connectivity index (χ2n) is 4.33. The molecule has 108 valence electrons. The number of fused-ring (bicyclic) bond motifs is 1. The van der Waals surface area contributed by atoms with Crippen LogP contribution in [0.5, 0.6) is 0 Å². The molecule has 0 atom stereocenters. The molecule has 0 saturated carbocycles. The fourth-order valence-corrected chi connectivity index (χ4v) is 3.89. The van der Waals surface area contributed by atoms with Gasteiger partial charge in [-0.3, -0.25) is 9.20 Å². The summed E-state index contributed by atoms with van der Waals surface area (Å²) in [6, 6.07) is 6.15.